The predicted octanol–water partition coefficient (Wildman–Crippen LogP) is 4.14. The van der Waals surface area contributed by atoms with E-state index in [1.54, 1.807) is 0 Å². The van der Waals surface area contributed by atoms with Crippen molar-refractivity contribution in [3.63, 3.8) is 0 Å². The summed E-state index contributed by atoms with van der Waals surface area (Å²) in [6, 6.07) is 12.1. The van der Waals surface area contributed by atoms with Gasteiger partial charge in [0.05, 0.1) is 5.69 Å². The van der Waals surface area contributed by atoms with Gasteiger partial charge in [0.2, 0.25) is 0 Å². The van der Waals surface area contributed by atoms with Crippen molar-refractivity contribution >= 4 is 22.4 Å². The fourth-order valence-corrected chi connectivity index (χ4v) is 2.61. The van der Waals surface area contributed by atoms with Crippen LogP contribution >= 0.6 is 11.6 Å². The second-order valence-electron chi connectivity index (χ2n) is 4.87. The molecule has 0 saturated heterocycles. The molecule has 0 saturated carbocycles. The first-order valence-corrected chi connectivity index (χ1v) is 6.88. The van der Waals surface area contributed by atoms with Gasteiger partial charge in [0, 0.05) is 28.6 Å². The van der Waals surface area contributed by atoms with Gasteiger partial charge < -0.3 is 0 Å². The van der Waals surface area contributed by atoms with Gasteiger partial charge in [-0.1, -0.05) is 42.8 Å². The fraction of sp³-hybridized carbons (Fsp3) is 0.188. The van der Waals surface area contributed by atoms with E-state index in [0.717, 1.165) is 22.2 Å². The molecule has 20 heavy (non-hydrogen) atoms. The summed E-state index contributed by atoms with van der Waals surface area (Å²) >= 11 is 6.12. The third-order valence-electron chi connectivity index (χ3n) is 3.50. The maximum atomic E-state index is 6.12. The quantitative estimate of drug-likeness (QED) is 0.709. The zero-order valence-electron chi connectivity index (χ0n) is 11.3. The number of rotatable bonds is 2. The average Bonchev–Trinajstić information content (AvgIpc) is 2.47. The van der Waals surface area contributed by atoms with Crippen LogP contribution in [0, 0.1) is 6.92 Å². The highest BCUT2D eigenvalue weighted by atomic mass is 35.5. The molecule has 3 aromatic rings. The molecular formula is C16H14ClN3. The van der Waals surface area contributed by atoms with Crippen LogP contribution in [-0.4, -0.2) is 15.2 Å². The lowest BCUT2D eigenvalue weighted by Gasteiger charge is -2.14. The SMILES string of the molecule is Cc1cc(C(C)c2nnc(Cl)c3ccccc23)ccn1. The Kier molecular flexibility index (Phi) is 3.36. The predicted molar refractivity (Wildman–Crippen MR) is 81.0 cm³/mol. The van der Waals surface area contributed by atoms with Crippen molar-refractivity contribution in [3.8, 4) is 0 Å². The second-order valence-corrected chi connectivity index (χ2v) is 5.23. The molecule has 0 N–H and O–H groups in total. The van der Waals surface area contributed by atoms with Crippen LogP contribution in [-0.2, 0) is 0 Å². The summed E-state index contributed by atoms with van der Waals surface area (Å²) in [4.78, 5) is 4.24. The summed E-state index contributed by atoms with van der Waals surface area (Å²) in [5, 5.41) is 10.8. The van der Waals surface area contributed by atoms with E-state index in [0.29, 0.717) is 5.15 Å². The zero-order chi connectivity index (χ0) is 14.1. The van der Waals surface area contributed by atoms with Gasteiger partial charge >= 0.3 is 0 Å². The van der Waals surface area contributed by atoms with E-state index in [4.69, 9.17) is 11.6 Å². The molecule has 3 rings (SSSR count). The Labute approximate surface area is 122 Å². The first kappa shape index (κ1) is 13.0. The molecular weight excluding hydrogens is 270 g/mol. The largest absolute Gasteiger partial charge is 0.262 e. The van der Waals surface area contributed by atoms with Crippen LogP contribution < -0.4 is 0 Å². The second kappa shape index (κ2) is 5.17. The Morgan fingerprint density at radius 3 is 2.55 bits per heavy atom. The van der Waals surface area contributed by atoms with E-state index in [1.165, 1.54) is 5.56 Å². The van der Waals surface area contributed by atoms with Gasteiger partial charge in [0.1, 0.15) is 0 Å². The van der Waals surface area contributed by atoms with Crippen LogP contribution in [0.3, 0.4) is 0 Å². The average molecular weight is 284 g/mol. The Hall–Kier alpha value is -2.00. The van der Waals surface area contributed by atoms with Gasteiger partial charge in [-0.15, -0.1) is 5.10 Å². The molecule has 0 spiro atoms. The number of aryl methyl sites for hydroxylation is 1. The molecule has 2 aromatic heterocycles. The third-order valence-corrected chi connectivity index (χ3v) is 3.78. The monoisotopic (exact) mass is 283 g/mol. The fourth-order valence-electron chi connectivity index (χ4n) is 2.41. The number of benzene rings is 1. The van der Waals surface area contributed by atoms with Crippen molar-refractivity contribution in [2.24, 2.45) is 0 Å². The van der Waals surface area contributed by atoms with Crippen LogP contribution in [0.4, 0.5) is 0 Å². The van der Waals surface area contributed by atoms with Crippen LogP contribution in [0.2, 0.25) is 5.15 Å². The van der Waals surface area contributed by atoms with Gasteiger partial charge in [-0.05, 0) is 24.6 Å². The van der Waals surface area contributed by atoms with E-state index in [1.807, 2.05) is 43.5 Å². The van der Waals surface area contributed by atoms with E-state index < -0.39 is 0 Å². The highest BCUT2D eigenvalue weighted by Crippen LogP contribution is 2.30. The maximum Gasteiger partial charge on any atom is 0.159 e. The third kappa shape index (κ3) is 2.25. The molecule has 100 valence electrons. The van der Waals surface area contributed by atoms with Crippen LogP contribution in [0.15, 0.2) is 42.6 Å². The molecule has 1 atom stereocenters. The van der Waals surface area contributed by atoms with Gasteiger partial charge in [-0.25, -0.2) is 0 Å². The van der Waals surface area contributed by atoms with Gasteiger partial charge in [-0.3, -0.25) is 4.98 Å². The number of fused-ring (bicyclic) bond motifs is 1. The summed E-state index contributed by atoms with van der Waals surface area (Å²) in [6.07, 6.45) is 1.83. The van der Waals surface area contributed by atoms with E-state index in [-0.39, 0.29) is 5.92 Å². The normalized spacial score (nSPS) is 12.6. The Morgan fingerprint density at radius 1 is 1.05 bits per heavy atom. The molecule has 1 aromatic carbocycles. The molecule has 0 aliphatic heterocycles. The number of pyridine rings is 1. The smallest absolute Gasteiger partial charge is 0.159 e. The molecule has 0 aliphatic carbocycles. The standard InChI is InChI=1S/C16H14ClN3/c1-10-9-12(7-8-18-10)11(2)15-13-5-3-4-6-14(13)16(17)20-19-15/h3-9,11H,1-2H3. The summed E-state index contributed by atoms with van der Waals surface area (Å²) < 4.78 is 0. The van der Waals surface area contributed by atoms with Crippen molar-refractivity contribution < 1.29 is 0 Å². The highest BCUT2D eigenvalue weighted by molar-refractivity contribution is 6.34. The minimum Gasteiger partial charge on any atom is -0.262 e. The van der Waals surface area contributed by atoms with Crippen LogP contribution in [0.1, 0.15) is 29.8 Å². The molecule has 2 heterocycles. The lowest BCUT2D eigenvalue weighted by Crippen LogP contribution is -2.03. The molecule has 0 aliphatic rings. The number of hydrogen-bond acceptors (Lipinski definition) is 3. The minimum absolute atomic E-state index is 0.145. The number of hydrogen-bond donors (Lipinski definition) is 0. The van der Waals surface area contributed by atoms with Gasteiger partial charge in [0.15, 0.2) is 5.15 Å². The van der Waals surface area contributed by atoms with Crippen molar-refractivity contribution in [2.45, 2.75) is 19.8 Å². The molecule has 4 heteroatoms. The molecule has 3 nitrogen and oxygen atoms in total. The van der Waals surface area contributed by atoms with E-state index in [2.05, 4.69) is 28.2 Å². The van der Waals surface area contributed by atoms with Gasteiger partial charge in [-0.2, -0.15) is 5.10 Å². The number of nitrogens with zero attached hydrogens (tertiary/aromatic N) is 3. The topological polar surface area (TPSA) is 38.7 Å². The van der Waals surface area contributed by atoms with Crippen molar-refractivity contribution in [1.82, 2.24) is 15.2 Å². The summed E-state index contributed by atoms with van der Waals surface area (Å²) in [6.45, 7) is 4.11. The summed E-state index contributed by atoms with van der Waals surface area (Å²) in [7, 11) is 0. The highest BCUT2D eigenvalue weighted by Gasteiger charge is 2.15. The van der Waals surface area contributed by atoms with E-state index in [9.17, 15) is 0 Å². The maximum absolute atomic E-state index is 6.12. The molecule has 0 amide bonds. The first-order valence-electron chi connectivity index (χ1n) is 6.50. The summed E-state index contributed by atoms with van der Waals surface area (Å²) in [5.74, 6) is 0.145. The molecule has 0 bridgehead atoms. The Bertz CT molecular complexity index is 771. The Balaban J connectivity index is 2.17. The Morgan fingerprint density at radius 2 is 1.80 bits per heavy atom. The molecule has 0 radical (unpaired) electrons. The van der Waals surface area contributed by atoms with Crippen molar-refractivity contribution in [2.75, 3.05) is 0 Å². The lowest BCUT2D eigenvalue weighted by molar-refractivity contribution is 0.834. The van der Waals surface area contributed by atoms with Crippen LogP contribution in [0.5, 0.6) is 0 Å². The molecule has 1 unspecified atom stereocenters. The lowest BCUT2D eigenvalue weighted by atomic mass is 9.94. The number of halogens is 1. The number of aromatic nitrogens is 3. The van der Waals surface area contributed by atoms with E-state index >= 15 is 0 Å². The zero-order valence-corrected chi connectivity index (χ0v) is 12.1. The minimum atomic E-state index is 0.145. The van der Waals surface area contributed by atoms with Crippen LogP contribution in [0.25, 0.3) is 10.8 Å². The van der Waals surface area contributed by atoms with Gasteiger partial charge in [0.25, 0.3) is 0 Å². The summed E-state index contributed by atoms with van der Waals surface area (Å²) in [5.41, 5.74) is 3.12. The first-order chi connectivity index (χ1) is 9.66. The van der Waals surface area contributed by atoms with Crippen molar-refractivity contribution in [3.05, 3.63) is 64.7 Å². The van der Waals surface area contributed by atoms with Crippen molar-refractivity contribution in [1.29, 1.82) is 0 Å². The molecule has 0 fully saturated rings.